The van der Waals surface area contributed by atoms with Crippen LogP contribution in [0.4, 0.5) is 15.8 Å². The summed E-state index contributed by atoms with van der Waals surface area (Å²) in [4.78, 5) is 28.8. The zero-order valence-corrected chi connectivity index (χ0v) is 25.3. The van der Waals surface area contributed by atoms with E-state index in [1.165, 1.54) is 13.2 Å². The number of carbonyl (C=O) groups excluding carboxylic acids is 2. The van der Waals surface area contributed by atoms with Crippen LogP contribution in [-0.2, 0) is 15.1 Å². The van der Waals surface area contributed by atoms with Gasteiger partial charge in [-0.25, -0.2) is 9.18 Å². The van der Waals surface area contributed by atoms with E-state index in [9.17, 15) is 9.59 Å². The molecule has 0 radical (unpaired) electrons. The van der Waals surface area contributed by atoms with Crippen LogP contribution in [0.2, 0.25) is 10.0 Å². The Morgan fingerprint density at radius 3 is 2.63 bits per heavy atom. The summed E-state index contributed by atoms with van der Waals surface area (Å²) in [6.07, 6.45) is 0.620. The first-order chi connectivity index (χ1) is 20.0. The van der Waals surface area contributed by atoms with E-state index in [0.717, 1.165) is 16.7 Å². The van der Waals surface area contributed by atoms with E-state index in [1.807, 2.05) is 19.1 Å². The number of benzene rings is 3. The van der Waals surface area contributed by atoms with Gasteiger partial charge in [0.15, 0.2) is 0 Å². The number of nitrogens with two attached hydrogens (primary N) is 1. The summed E-state index contributed by atoms with van der Waals surface area (Å²) in [6.45, 7) is 6.66. The molecule has 3 aliphatic heterocycles. The summed E-state index contributed by atoms with van der Waals surface area (Å²) < 4.78 is 20.9. The molecule has 2 saturated heterocycles. The number of nitrogens with zero attached hydrogens (tertiary/aromatic N) is 1. The molecule has 4 N–H and O–H groups in total. The first-order valence-corrected chi connectivity index (χ1v) is 14.8. The van der Waals surface area contributed by atoms with Crippen LogP contribution in [0.3, 0.4) is 0 Å². The third-order valence-corrected chi connectivity index (χ3v) is 9.55. The van der Waals surface area contributed by atoms with E-state index in [1.54, 1.807) is 30.3 Å². The summed E-state index contributed by atoms with van der Waals surface area (Å²) in [6, 6.07) is 13.3. The molecule has 43 heavy (non-hydrogen) atoms. The number of ether oxygens (including phenoxy) is 1. The highest BCUT2D eigenvalue weighted by molar-refractivity contribution is 6.31. The number of nitrogen functional groups attached to an aromatic ring is 1. The number of methoxy groups -OCH3 is 1. The predicted molar refractivity (Wildman–Crippen MR) is 169 cm³/mol. The van der Waals surface area contributed by atoms with E-state index in [-0.39, 0.29) is 42.4 Å². The van der Waals surface area contributed by atoms with Crippen LogP contribution in [0.5, 0.6) is 0 Å². The van der Waals surface area contributed by atoms with Gasteiger partial charge in [-0.3, -0.25) is 9.69 Å². The van der Waals surface area contributed by atoms with Gasteiger partial charge in [0, 0.05) is 52.5 Å². The van der Waals surface area contributed by atoms with Gasteiger partial charge in [-0.05, 0) is 60.2 Å². The van der Waals surface area contributed by atoms with Gasteiger partial charge in [0.25, 0.3) is 0 Å². The van der Waals surface area contributed by atoms with E-state index >= 15 is 4.39 Å². The van der Waals surface area contributed by atoms with Crippen LogP contribution in [0.1, 0.15) is 72.3 Å². The average Bonchev–Trinajstić information content (AvgIpc) is 3.56. The number of likely N-dealkylation sites (tertiary alicyclic amines) is 1. The lowest BCUT2D eigenvalue weighted by Crippen LogP contribution is -2.53. The Kier molecular flexibility index (Phi) is 8.28. The Balaban J connectivity index is 0.00000368. The lowest BCUT2D eigenvalue weighted by Gasteiger charge is -2.41. The first-order valence-electron chi connectivity index (χ1n) is 14.1. The second-order valence-corrected chi connectivity index (χ2v) is 12.8. The maximum Gasteiger partial charge on any atom is 0.338 e. The number of fused-ring (bicyclic) bond motifs is 3. The largest absolute Gasteiger partial charge is 0.465 e. The van der Waals surface area contributed by atoms with Crippen LogP contribution >= 0.6 is 23.2 Å². The van der Waals surface area contributed by atoms with Crippen molar-refractivity contribution < 1.29 is 18.7 Å². The van der Waals surface area contributed by atoms with E-state index in [2.05, 4.69) is 29.4 Å². The summed E-state index contributed by atoms with van der Waals surface area (Å²) in [5.41, 5.74) is 9.57. The van der Waals surface area contributed by atoms with Crippen molar-refractivity contribution in [2.45, 2.75) is 64.2 Å². The molecule has 0 bridgehead atoms. The molecule has 3 aliphatic rings. The van der Waals surface area contributed by atoms with Crippen molar-refractivity contribution >= 4 is 46.5 Å². The van der Waals surface area contributed by atoms with Gasteiger partial charge in [0.1, 0.15) is 11.4 Å². The van der Waals surface area contributed by atoms with Crippen LogP contribution in [0.25, 0.3) is 0 Å². The number of halogens is 3. The molecule has 1 unspecified atom stereocenters. The number of amides is 1. The number of anilines is 2. The molecule has 3 aromatic rings. The van der Waals surface area contributed by atoms with E-state index in [0.29, 0.717) is 40.5 Å². The van der Waals surface area contributed by atoms with Crippen molar-refractivity contribution in [1.82, 2.24) is 10.2 Å². The van der Waals surface area contributed by atoms with Gasteiger partial charge >= 0.3 is 5.97 Å². The number of nitrogens with one attached hydrogen (secondary N) is 2. The van der Waals surface area contributed by atoms with Crippen molar-refractivity contribution in [3.05, 3.63) is 92.2 Å². The molecule has 2 fully saturated rings. The van der Waals surface area contributed by atoms with Gasteiger partial charge in [-0.1, -0.05) is 68.7 Å². The molecular weight excluding hydrogens is 590 g/mol. The average molecular weight is 628 g/mol. The zero-order valence-electron chi connectivity index (χ0n) is 23.8. The summed E-state index contributed by atoms with van der Waals surface area (Å²) in [5, 5.41) is 7.33. The van der Waals surface area contributed by atoms with Gasteiger partial charge in [-0.15, -0.1) is 0 Å². The molecule has 3 heterocycles. The fourth-order valence-electron chi connectivity index (χ4n) is 7.47. The summed E-state index contributed by atoms with van der Waals surface area (Å²) >= 11 is 12.7. The minimum atomic E-state index is -1.20. The highest BCUT2D eigenvalue weighted by atomic mass is 35.5. The minimum Gasteiger partial charge on any atom is -0.465 e. The topological polar surface area (TPSA) is 96.7 Å². The molecule has 0 aliphatic carbocycles. The van der Waals surface area contributed by atoms with Gasteiger partial charge in [-0.2, -0.15) is 0 Å². The molecule has 0 saturated carbocycles. The quantitative estimate of drug-likeness (QED) is 0.212. The van der Waals surface area contributed by atoms with Crippen LogP contribution in [-0.4, -0.2) is 42.5 Å². The number of rotatable bonds is 5. The molecule has 228 valence electrons. The molecule has 0 aromatic heterocycles. The number of carbonyl (C=O) groups is 2. The normalized spacial score (nSPS) is 25.9. The summed E-state index contributed by atoms with van der Waals surface area (Å²) in [7, 11) is 1.34. The predicted octanol–water partition coefficient (Wildman–Crippen LogP) is 6.82. The standard InChI is InChI=1S/C32H33Cl2FN4O3.CH4/c1-15(2)14-39-26-13-24(20-10-16(3)19(12-23(20)36)30(40)42-4)37-29(26)27(18-6-5-7-22(34)28(18)35)32(39)21-9-8-17(33)11-25(21)38-31(32)41;/h5-12,15,24,26-27,29,37H,13-14,36H2,1-4H3,(H,38,41);1H4/t24?,26-,27-,29+,32+;/m0./s1. The number of hydrogen-bond acceptors (Lipinski definition) is 6. The Labute approximate surface area is 261 Å². The summed E-state index contributed by atoms with van der Waals surface area (Å²) in [5.74, 6) is -1.61. The first kappa shape index (κ1) is 31.3. The smallest absolute Gasteiger partial charge is 0.338 e. The molecule has 5 atom stereocenters. The van der Waals surface area contributed by atoms with E-state index < -0.39 is 23.2 Å². The third-order valence-electron chi connectivity index (χ3n) is 9.02. The molecule has 7 nitrogen and oxygen atoms in total. The van der Waals surface area contributed by atoms with E-state index in [4.69, 9.17) is 33.7 Å². The molecule has 1 spiro atoms. The van der Waals surface area contributed by atoms with Crippen LogP contribution in [0, 0.1) is 18.7 Å². The van der Waals surface area contributed by atoms with Crippen molar-refractivity contribution in [2.24, 2.45) is 5.92 Å². The zero-order chi connectivity index (χ0) is 30.1. The second-order valence-electron chi connectivity index (χ2n) is 11.9. The van der Waals surface area contributed by atoms with Crippen molar-refractivity contribution in [2.75, 3.05) is 24.7 Å². The molecular formula is C33H37Cl2FN4O3. The highest BCUT2D eigenvalue weighted by Crippen LogP contribution is 2.60. The molecule has 3 aromatic carbocycles. The fraction of sp³-hybridized carbons (Fsp3) is 0.394. The van der Waals surface area contributed by atoms with Crippen molar-refractivity contribution in [3.8, 4) is 0 Å². The van der Waals surface area contributed by atoms with Crippen LogP contribution < -0.4 is 16.4 Å². The Morgan fingerprint density at radius 2 is 1.93 bits per heavy atom. The van der Waals surface area contributed by atoms with Crippen molar-refractivity contribution in [1.29, 1.82) is 0 Å². The van der Waals surface area contributed by atoms with Crippen molar-refractivity contribution in [3.63, 3.8) is 0 Å². The number of aryl methyl sites for hydroxylation is 1. The fourth-order valence-corrected chi connectivity index (χ4v) is 7.83. The third kappa shape index (κ3) is 4.70. The Hall–Kier alpha value is -3.17. The maximum absolute atomic E-state index is 16.0. The number of hydrogen-bond donors (Lipinski definition) is 3. The Bertz CT molecular complexity index is 1620. The molecule has 1 amide bonds. The lowest BCUT2D eigenvalue weighted by molar-refractivity contribution is -0.128. The van der Waals surface area contributed by atoms with Crippen LogP contribution in [0.15, 0.2) is 48.5 Å². The van der Waals surface area contributed by atoms with Gasteiger partial charge < -0.3 is 21.1 Å². The van der Waals surface area contributed by atoms with Gasteiger partial charge in [0.2, 0.25) is 5.91 Å². The van der Waals surface area contributed by atoms with Gasteiger partial charge in [0.05, 0.1) is 17.7 Å². The molecule has 6 rings (SSSR count). The molecule has 10 heteroatoms. The second kappa shape index (κ2) is 11.4. The SMILES string of the molecule is C.COC(=O)c1cc(N)c(C2C[C@H]3[C@@H](N2)[C@H](c2cccc(Cl)c2F)[C@]2(C(=O)Nc4cc(Cl)ccc42)N3CC(C)C)cc1C. The highest BCUT2D eigenvalue weighted by Gasteiger charge is 2.68. The number of esters is 1. The lowest BCUT2D eigenvalue weighted by atomic mass is 9.73. The maximum atomic E-state index is 16.0. The minimum absolute atomic E-state index is 0. The Morgan fingerprint density at radius 1 is 1.19 bits per heavy atom. The monoisotopic (exact) mass is 626 g/mol.